The van der Waals surface area contributed by atoms with Gasteiger partial charge in [0, 0.05) is 46.5 Å². The number of fused-ring (bicyclic) bond motifs is 6. The molecule has 2 N–H and O–H groups in total. The molecule has 0 aliphatic rings. The topological polar surface area (TPSA) is 174 Å². The van der Waals surface area contributed by atoms with Gasteiger partial charge in [-0.15, -0.1) is 0 Å². The first kappa shape index (κ1) is 23.8. The smallest absolute Gasteiger partial charge is 0.261 e. The summed E-state index contributed by atoms with van der Waals surface area (Å²) in [6, 6.07) is 5.52. The zero-order chi connectivity index (χ0) is 24.6. The summed E-state index contributed by atoms with van der Waals surface area (Å²) in [5.41, 5.74) is -3.12. The zero-order valence-electron chi connectivity index (χ0n) is 17.7. The van der Waals surface area contributed by atoms with Gasteiger partial charge in [0.15, 0.2) is 0 Å². The van der Waals surface area contributed by atoms with Gasteiger partial charge in [0.1, 0.15) is 0 Å². The van der Waals surface area contributed by atoms with Crippen LogP contribution in [0.15, 0.2) is 43.4 Å². The number of nitrogens with zero attached hydrogens (tertiary/aromatic N) is 2. The molecule has 0 saturated carbocycles. The highest BCUT2D eigenvalue weighted by Crippen LogP contribution is 2.28. The lowest BCUT2D eigenvalue weighted by atomic mass is 10.00. The first-order chi connectivity index (χ1) is 16.4. The Morgan fingerprint density at radius 1 is 0.647 bits per heavy atom. The number of hydrogen-bond acceptors (Lipinski definition) is 12. The number of methoxy groups -OCH3 is 2. The standard InChI is InChI=1S/C20H18N2O12/c1-29-13(31-33-27)7-21-17(23)9-3-4-10(18(21)24)16-12-6-5-11(15(9)16)19(25)22(20(12)26)8-14(30-2)32-34-28/h3-6,13-14,27-28H,7-8H2,1-2H3. The highest BCUT2D eigenvalue weighted by molar-refractivity contribution is 6.22. The Balaban J connectivity index is 2.10. The Morgan fingerprint density at radius 2 is 0.941 bits per heavy atom. The van der Waals surface area contributed by atoms with Crippen LogP contribution in [0, 0.1) is 0 Å². The predicted molar refractivity (Wildman–Crippen MR) is 114 cm³/mol. The maximum absolute atomic E-state index is 13.3. The van der Waals surface area contributed by atoms with E-state index in [9.17, 15) is 19.2 Å². The Hall–Kier alpha value is -3.34. The Morgan fingerprint density at radius 3 is 1.18 bits per heavy atom. The zero-order valence-corrected chi connectivity index (χ0v) is 17.7. The fraction of sp³-hybridized carbons (Fsp3) is 0.300. The lowest BCUT2D eigenvalue weighted by molar-refractivity contribution is -0.529. The summed E-state index contributed by atoms with van der Waals surface area (Å²) in [5.74, 6) is 0. The normalized spacial score (nSPS) is 13.9. The van der Waals surface area contributed by atoms with Gasteiger partial charge in [-0.3, -0.25) is 28.3 Å². The monoisotopic (exact) mass is 478 g/mol. The summed E-state index contributed by atoms with van der Waals surface area (Å²) in [5, 5.41) is 24.4. The van der Waals surface area contributed by atoms with Crippen LogP contribution in [0.3, 0.4) is 0 Å². The van der Waals surface area contributed by atoms with Crippen molar-refractivity contribution in [2.24, 2.45) is 0 Å². The van der Waals surface area contributed by atoms with Gasteiger partial charge in [-0.05, 0) is 24.3 Å². The van der Waals surface area contributed by atoms with Crippen LogP contribution in [0.5, 0.6) is 0 Å². The fourth-order valence-corrected chi connectivity index (χ4v) is 3.99. The van der Waals surface area contributed by atoms with Crippen LogP contribution in [-0.4, -0.2) is 46.4 Å². The highest BCUT2D eigenvalue weighted by Gasteiger charge is 2.23. The van der Waals surface area contributed by atoms with Gasteiger partial charge in [-0.1, -0.05) is 10.1 Å². The van der Waals surface area contributed by atoms with Gasteiger partial charge in [-0.2, -0.15) is 9.78 Å². The van der Waals surface area contributed by atoms with Crippen molar-refractivity contribution in [2.45, 2.75) is 25.7 Å². The van der Waals surface area contributed by atoms with E-state index in [1.807, 2.05) is 0 Å². The van der Waals surface area contributed by atoms with E-state index < -0.39 is 47.9 Å². The van der Waals surface area contributed by atoms with E-state index in [1.54, 1.807) is 0 Å². The van der Waals surface area contributed by atoms with Crippen LogP contribution >= 0.6 is 0 Å². The Bertz CT molecular complexity index is 1350. The van der Waals surface area contributed by atoms with Crippen LogP contribution in [-0.2, 0) is 42.4 Å². The van der Waals surface area contributed by atoms with Crippen molar-refractivity contribution >= 4 is 32.3 Å². The molecular weight excluding hydrogens is 460 g/mol. The van der Waals surface area contributed by atoms with Gasteiger partial charge >= 0.3 is 0 Å². The van der Waals surface area contributed by atoms with Crippen LogP contribution in [0.25, 0.3) is 32.3 Å². The molecule has 6 aromatic rings. The largest absolute Gasteiger partial charge is 0.352 e. The third-order valence-electron chi connectivity index (χ3n) is 5.55. The van der Waals surface area contributed by atoms with Gasteiger partial charge in [0.2, 0.25) is 12.6 Å². The van der Waals surface area contributed by atoms with Crippen LogP contribution < -0.4 is 22.2 Å². The summed E-state index contributed by atoms with van der Waals surface area (Å²) in [7, 11) is 2.41. The van der Waals surface area contributed by atoms with Crippen molar-refractivity contribution < 1.29 is 39.8 Å². The lowest BCUT2D eigenvalue weighted by Gasteiger charge is -2.12. The van der Waals surface area contributed by atoms with E-state index >= 15 is 0 Å². The fourth-order valence-electron chi connectivity index (χ4n) is 3.99. The molecule has 34 heavy (non-hydrogen) atoms. The van der Waals surface area contributed by atoms with E-state index in [4.69, 9.17) is 20.0 Å². The molecule has 2 atom stereocenters. The van der Waals surface area contributed by atoms with Crippen molar-refractivity contribution in [1.29, 1.82) is 0 Å². The van der Waals surface area contributed by atoms with Crippen LogP contribution in [0.1, 0.15) is 0 Å². The summed E-state index contributed by atoms with van der Waals surface area (Å²) in [4.78, 5) is 62.2. The van der Waals surface area contributed by atoms with E-state index in [0.29, 0.717) is 0 Å². The first-order valence-corrected chi connectivity index (χ1v) is 9.69. The number of hydrogen-bond donors (Lipinski definition) is 2. The van der Waals surface area contributed by atoms with Crippen molar-refractivity contribution in [3.05, 3.63) is 65.7 Å². The third-order valence-corrected chi connectivity index (χ3v) is 5.55. The number of aromatic nitrogens is 2. The predicted octanol–water partition coefficient (Wildman–Crippen LogP) is -0.147. The van der Waals surface area contributed by atoms with Crippen molar-refractivity contribution in [3.8, 4) is 0 Å². The molecule has 0 fully saturated rings. The summed E-state index contributed by atoms with van der Waals surface area (Å²) in [6.45, 7) is -0.909. The second-order valence-electron chi connectivity index (χ2n) is 7.19. The SMILES string of the molecule is COC(Cn1c(=O)c2ccc(c1=O)c1c3ccc(c(=O)n(CC(OC)OOO)c3=O)c21)OOO. The molecule has 0 saturated heterocycles. The molecule has 4 bridgehead atoms. The molecule has 180 valence electrons. The molecule has 6 rings (SSSR count). The minimum Gasteiger partial charge on any atom is -0.352 e. The molecule has 14 nitrogen and oxygen atoms in total. The van der Waals surface area contributed by atoms with Gasteiger partial charge < -0.3 is 9.47 Å². The molecule has 0 aliphatic heterocycles. The minimum absolute atomic E-state index is 0.0116. The van der Waals surface area contributed by atoms with E-state index in [0.717, 1.165) is 9.13 Å². The summed E-state index contributed by atoms with van der Waals surface area (Å²) in [6.07, 6.45) is -2.63. The molecule has 14 heteroatoms. The molecule has 2 unspecified atom stereocenters. The molecule has 0 aliphatic carbocycles. The number of ether oxygens (including phenoxy) is 2. The molecule has 0 amide bonds. The van der Waals surface area contributed by atoms with Gasteiger partial charge in [0.25, 0.3) is 22.2 Å². The van der Waals surface area contributed by atoms with E-state index in [-0.39, 0.29) is 32.3 Å². The van der Waals surface area contributed by atoms with Crippen molar-refractivity contribution in [1.82, 2.24) is 9.13 Å². The summed E-state index contributed by atoms with van der Waals surface area (Å²) >= 11 is 0. The van der Waals surface area contributed by atoms with E-state index in [2.05, 4.69) is 19.9 Å². The van der Waals surface area contributed by atoms with Gasteiger partial charge in [0.05, 0.1) is 13.1 Å². The molecule has 0 spiro atoms. The summed E-state index contributed by atoms with van der Waals surface area (Å²) < 4.78 is 11.5. The minimum atomic E-state index is -1.31. The molecular formula is C20H18N2O12. The second kappa shape index (κ2) is 9.49. The first-order valence-electron chi connectivity index (χ1n) is 9.69. The second-order valence-corrected chi connectivity index (χ2v) is 7.19. The molecule has 2 aromatic carbocycles. The Kier molecular flexibility index (Phi) is 6.65. The third kappa shape index (κ3) is 3.73. The lowest BCUT2D eigenvalue weighted by Crippen LogP contribution is -2.36. The quantitative estimate of drug-likeness (QED) is 0.176. The van der Waals surface area contributed by atoms with E-state index in [1.165, 1.54) is 38.5 Å². The van der Waals surface area contributed by atoms with Gasteiger partial charge in [-0.25, -0.2) is 10.5 Å². The van der Waals surface area contributed by atoms with Crippen LogP contribution in [0.2, 0.25) is 0 Å². The average Bonchev–Trinajstić information content (AvgIpc) is 3.11. The maximum Gasteiger partial charge on any atom is 0.261 e. The number of rotatable bonds is 10. The van der Waals surface area contributed by atoms with Crippen LogP contribution in [0.4, 0.5) is 0 Å². The van der Waals surface area contributed by atoms with Crippen molar-refractivity contribution in [3.63, 3.8) is 0 Å². The molecule has 0 radical (unpaired) electrons. The van der Waals surface area contributed by atoms with Crippen molar-refractivity contribution in [2.75, 3.05) is 14.2 Å². The molecule has 4 heterocycles. The highest BCUT2D eigenvalue weighted by atomic mass is 17.5. The molecule has 4 aromatic heterocycles. The average molecular weight is 478 g/mol. The Labute approximate surface area is 187 Å². The maximum atomic E-state index is 13.3. The number of benzene rings is 2.